The summed E-state index contributed by atoms with van der Waals surface area (Å²) in [5, 5.41) is 12.0. The summed E-state index contributed by atoms with van der Waals surface area (Å²) in [7, 11) is 1.45. The van der Waals surface area contributed by atoms with Crippen LogP contribution in [-0.2, 0) is 0 Å². The molecule has 90 valence electrons. The number of nitrogen functional groups attached to an aromatic ring is 1. The predicted octanol–water partition coefficient (Wildman–Crippen LogP) is -0.651. The van der Waals surface area contributed by atoms with Gasteiger partial charge in [0.15, 0.2) is 0 Å². The number of hydrogen-bond donors (Lipinski definition) is 4. The SMILES string of the molecule is CCC(CO)Nc1nc(NN)nc(OC)n1. The molecule has 8 nitrogen and oxygen atoms in total. The highest BCUT2D eigenvalue weighted by atomic mass is 16.5. The van der Waals surface area contributed by atoms with Crippen LogP contribution in [0.1, 0.15) is 13.3 Å². The minimum Gasteiger partial charge on any atom is -0.467 e. The molecule has 1 aromatic rings. The van der Waals surface area contributed by atoms with Gasteiger partial charge in [0.05, 0.1) is 19.8 Å². The zero-order chi connectivity index (χ0) is 12.0. The van der Waals surface area contributed by atoms with Gasteiger partial charge in [-0.3, -0.25) is 5.43 Å². The minimum absolute atomic E-state index is 0.00408. The molecule has 1 heterocycles. The first-order valence-corrected chi connectivity index (χ1v) is 4.87. The molecule has 0 saturated heterocycles. The first-order valence-electron chi connectivity index (χ1n) is 4.87. The summed E-state index contributed by atoms with van der Waals surface area (Å²) < 4.78 is 4.89. The number of ether oxygens (including phenoxy) is 1. The molecular weight excluding hydrogens is 212 g/mol. The summed E-state index contributed by atoms with van der Waals surface area (Å²) in [5.74, 6) is 5.71. The Kier molecular flexibility index (Phi) is 4.67. The molecule has 0 spiro atoms. The van der Waals surface area contributed by atoms with Gasteiger partial charge in [0.1, 0.15) is 0 Å². The number of hydrogen-bond acceptors (Lipinski definition) is 8. The molecule has 0 radical (unpaired) electrons. The molecule has 5 N–H and O–H groups in total. The molecule has 0 aliphatic carbocycles. The zero-order valence-corrected chi connectivity index (χ0v) is 9.27. The van der Waals surface area contributed by atoms with E-state index in [-0.39, 0.29) is 24.6 Å². The number of nitrogens with zero attached hydrogens (tertiary/aromatic N) is 3. The summed E-state index contributed by atoms with van der Waals surface area (Å²) in [6.45, 7) is 1.93. The Labute approximate surface area is 93.2 Å². The highest BCUT2D eigenvalue weighted by molar-refractivity contribution is 5.35. The monoisotopic (exact) mass is 228 g/mol. The molecule has 1 unspecified atom stereocenters. The third-order valence-electron chi connectivity index (χ3n) is 1.97. The average molecular weight is 228 g/mol. The molecule has 1 rings (SSSR count). The Bertz CT molecular complexity index is 308. The number of aliphatic hydroxyl groups is 1. The van der Waals surface area contributed by atoms with Gasteiger partial charge in [-0.1, -0.05) is 6.92 Å². The van der Waals surface area contributed by atoms with Crippen molar-refractivity contribution in [3.8, 4) is 6.01 Å². The van der Waals surface area contributed by atoms with Crippen LogP contribution >= 0.6 is 0 Å². The topological polar surface area (TPSA) is 118 Å². The third-order valence-corrected chi connectivity index (χ3v) is 1.97. The maximum atomic E-state index is 9.04. The largest absolute Gasteiger partial charge is 0.467 e. The zero-order valence-electron chi connectivity index (χ0n) is 9.27. The van der Waals surface area contributed by atoms with Crippen LogP contribution < -0.4 is 21.3 Å². The molecule has 1 atom stereocenters. The van der Waals surface area contributed by atoms with E-state index in [0.29, 0.717) is 5.95 Å². The van der Waals surface area contributed by atoms with E-state index in [0.717, 1.165) is 6.42 Å². The second kappa shape index (κ2) is 6.03. The van der Waals surface area contributed by atoms with E-state index in [9.17, 15) is 0 Å². The van der Waals surface area contributed by atoms with Crippen molar-refractivity contribution in [3.63, 3.8) is 0 Å². The van der Waals surface area contributed by atoms with E-state index >= 15 is 0 Å². The fourth-order valence-corrected chi connectivity index (χ4v) is 1.04. The lowest BCUT2D eigenvalue weighted by Gasteiger charge is -2.14. The fraction of sp³-hybridized carbons (Fsp3) is 0.625. The minimum atomic E-state index is -0.113. The molecule has 1 aromatic heterocycles. The Morgan fingerprint density at radius 3 is 2.56 bits per heavy atom. The van der Waals surface area contributed by atoms with Gasteiger partial charge < -0.3 is 15.2 Å². The number of anilines is 2. The van der Waals surface area contributed by atoms with Crippen molar-refractivity contribution in [1.29, 1.82) is 0 Å². The van der Waals surface area contributed by atoms with Crippen LogP contribution in [-0.4, -0.2) is 39.8 Å². The van der Waals surface area contributed by atoms with E-state index in [1.807, 2.05) is 6.92 Å². The molecule has 0 aromatic carbocycles. The molecular formula is C8H16N6O2. The molecule has 0 bridgehead atoms. The molecule has 0 fully saturated rings. The van der Waals surface area contributed by atoms with E-state index < -0.39 is 0 Å². The van der Waals surface area contributed by atoms with Crippen LogP contribution in [0.2, 0.25) is 0 Å². The molecule has 0 saturated carbocycles. The van der Waals surface area contributed by atoms with Gasteiger partial charge in [-0.2, -0.15) is 15.0 Å². The van der Waals surface area contributed by atoms with Crippen molar-refractivity contribution < 1.29 is 9.84 Å². The van der Waals surface area contributed by atoms with Crippen LogP contribution in [0.4, 0.5) is 11.9 Å². The van der Waals surface area contributed by atoms with E-state index in [1.165, 1.54) is 7.11 Å². The summed E-state index contributed by atoms with van der Waals surface area (Å²) in [6, 6.07) is 0.0379. The summed E-state index contributed by atoms with van der Waals surface area (Å²) in [5.41, 5.74) is 2.31. The summed E-state index contributed by atoms with van der Waals surface area (Å²) >= 11 is 0. The first-order chi connectivity index (χ1) is 7.73. The van der Waals surface area contributed by atoms with Crippen LogP contribution in [0.3, 0.4) is 0 Å². The second-order valence-electron chi connectivity index (χ2n) is 3.05. The van der Waals surface area contributed by atoms with Gasteiger partial charge >= 0.3 is 6.01 Å². The highest BCUT2D eigenvalue weighted by Crippen LogP contribution is 2.11. The smallest absolute Gasteiger partial charge is 0.322 e. The number of nitrogens with two attached hydrogens (primary N) is 1. The van der Waals surface area contributed by atoms with Crippen molar-refractivity contribution in [1.82, 2.24) is 15.0 Å². The molecule has 0 aliphatic heterocycles. The first kappa shape index (κ1) is 12.4. The van der Waals surface area contributed by atoms with Crippen molar-refractivity contribution >= 4 is 11.9 Å². The van der Waals surface area contributed by atoms with Crippen molar-refractivity contribution in [2.24, 2.45) is 5.84 Å². The lowest BCUT2D eigenvalue weighted by Crippen LogP contribution is -2.24. The molecule has 0 aliphatic rings. The van der Waals surface area contributed by atoms with Crippen LogP contribution in [0.25, 0.3) is 0 Å². The average Bonchev–Trinajstić information content (AvgIpc) is 2.35. The molecule has 16 heavy (non-hydrogen) atoms. The van der Waals surface area contributed by atoms with Gasteiger partial charge in [-0.25, -0.2) is 5.84 Å². The lowest BCUT2D eigenvalue weighted by atomic mass is 10.2. The van der Waals surface area contributed by atoms with Crippen molar-refractivity contribution in [2.75, 3.05) is 24.5 Å². The number of aliphatic hydroxyl groups excluding tert-OH is 1. The number of methoxy groups -OCH3 is 1. The Morgan fingerprint density at radius 2 is 2.06 bits per heavy atom. The number of aromatic nitrogens is 3. The predicted molar refractivity (Wildman–Crippen MR) is 59.0 cm³/mol. The van der Waals surface area contributed by atoms with E-state index in [2.05, 4.69) is 25.7 Å². The van der Waals surface area contributed by atoms with Gasteiger partial charge in [-0.15, -0.1) is 0 Å². The number of nitrogens with one attached hydrogen (secondary N) is 2. The van der Waals surface area contributed by atoms with Gasteiger partial charge in [0.2, 0.25) is 11.9 Å². The maximum absolute atomic E-state index is 9.04. The Balaban J connectivity index is 2.85. The van der Waals surface area contributed by atoms with Gasteiger partial charge in [0.25, 0.3) is 0 Å². The third kappa shape index (κ3) is 3.17. The Morgan fingerprint density at radius 1 is 1.38 bits per heavy atom. The molecule has 0 amide bonds. The van der Waals surface area contributed by atoms with Gasteiger partial charge in [-0.05, 0) is 6.42 Å². The standard InChI is InChI=1S/C8H16N6O2/c1-3-5(4-15)10-6-11-7(14-9)13-8(12-6)16-2/h5,15H,3-4,9H2,1-2H3,(H2,10,11,12,13,14). The van der Waals surface area contributed by atoms with Crippen molar-refractivity contribution in [2.45, 2.75) is 19.4 Å². The van der Waals surface area contributed by atoms with Crippen LogP contribution in [0, 0.1) is 0 Å². The van der Waals surface area contributed by atoms with Crippen molar-refractivity contribution in [3.05, 3.63) is 0 Å². The molecule has 8 heteroatoms. The van der Waals surface area contributed by atoms with Crippen LogP contribution in [0.5, 0.6) is 6.01 Å². The fourth-order valence-electron chi connectivity index (χ4n) is 1.04. The highest BCUT2D eigenvalue weighted by Gasteiger charge is 2.09. The lowest BCUT2D eigenvalue weighted by molar-refractivity contribution is 0.271. The van der Waals surface area contributed by atoms with E-state index in [1.54, 1.807) is 0 Å². The van der Waals surface area contributed by atoms with E-state index in [4.69, 9.17) is 15.7 Å². The van der Waals surface area contributed by atoms with Crippen LogP contribution in [0.15, 0.2) is 0 Å². The quantitative estimate of drug-likeness (QED) is 0.374. The van der Waals surface area contributed by atoms with Gasteiger partial charge in [0, 0.05) is 0 Å². The second-order valence-corrected chi connectivity index (χ2v) is 3.05. The Hall–Kier alpha value is -1.67. The number of hydrazine groups is 1. The number of rotatable bonds is 6. The summed E-state index contributed by atoms with van der Waals surface area (Å²) in [4.78, 5) is 11.8. The normalized spacial score (nSPS) is 12.0. The summed E-state index contributed by atoms with van der Waals surface area (Å²) in [6.07, 6.45) is 0.746. The maximum Gasteiger partial charge on any atom is 0.322 e.